The third-order valence-electron chi connectivity index (χ3n) is 6.25. The van der Waals surface area contributed by atoms with Crippen molar-refractivity contribution >= 4 is 17.7 Å². The number of hydrogen-bond donors (Lipinski definition) is 1. The minimum absolute atomic E-state index is 0.0885. The van der Waals surface area contributed by atoms with Crippen LogP contribution in [0.4, 0.5) is 0 Å². The number of aryl methyl sites for hydroxylation is 1. The predicted octanol–water partition coefficient (Wildman–Crippen LogP) is 3.64. The molecule has 0 saturated carbocycles. The summed E-state index contributed by atoms with van der Waals surface area (Å²) in [6, 6.07) is 13.2. The summed E-state index contributed by atoms with van der Waals surface area (Å²) in [5.41, 5.74) is 3.15. The van der Waals surface area contributed by atoms with Gasteiger partial charge in [-0.15, -0.1) is 0 Å². The van der Waals surface area contributed by atoms with Gasteiger partial charge in [-0.1, -0.05) is 30.3 Å². The molecule has 2 aromatic heterocycles. The van der Waals surface area contributed by atoms with Gasteiger partial charge in [0.15, 0.2) is 12.4 Å². The van der Waals surface area contributed by atoms with Gasteiger partial charge in [-0.05, 0) is 50.5 Å². The molecule has 0 spiro atoms. The molecule has 1 unspecified atom stereocenters. The van der Waals surface area contributed by atoms with Crippen molar-refractivity contribution in [2.45, 2.75) is 51.8 Å². The number of carbonyl (C=O) groups is 3. The van der Waals surface area contributed by atoms with Crippen LogP contribution in [0, 0.1) is 13.8 Å². The van der Waals surface area contributed by atoms with Crippen LogP contribution < -0.4 is 5.32 Å². The van der Waals surface area contributed by atoms with Gasteiger partial charge in [-0.3, -0.25) is 9.59 Å². The first-order valence-corrected chi connectivity index (χ1v) is 11.8. The van der Waals surface area contributed by atoms with Gasteiger partial charge in [-0.25, -0.2) is 4.79 Å². The van der Waals surface area contributed by atoms with Gasteiger partial charge in [0.05, 0.1) is 12.4 Å². The summed E-state index contributed by atoms with van der Waals surface area (Å²) >= 11 is 0. The first-order chi connectivity index (χ1) is 16.9. The number of benzene rings is 1. The second-order valence-corrected chi connectivity index (χ2v) is 8.75. The fourth-order valence-corrected chi connectivity index (χ4v) is 4.35. The maximum atomic E-state index is 12.9. The number of nitrogens with one attached hydrogen (secondary N) is 1. The molecule has 35 heavy (non-hydrogen) atoms. The van der Waals surface area contributed by atoms with Crippen LogP contribution in [-0.2, 0) is 27.2 Å². The lowest BCUT2D eigenvalue weighted by Gasteiger charge is -2.17. The Bertz CT molecular complexity index is 1160. The quantitative estimate of drug-likeness (QED) is 0.353. The fourth-order valence-electron chi connectivity index (χ4n) is 4.35. The van der Waals surface area contributed by atoms with E-state index in [1.54, 1.807) is 6.07 Å². The molecule has 2 atom stereocenters. The SMILES string of the molecule is Cc1cc(C(=O)COC(=O)[C@@H](Cc2ccccc2)NC(=O)c2ccco2)c(C)n1CC1CCCO1. The van der Waals surface area contributed by atoms with E-state index in [9.17, 15) is 14.4 Å². The molecular formula is C27H30N2O6. The maximum absolute atomic E-state index is 12.9. The Kier molecular flexibility index (Phi) is 7.82. The molecule has 4 rings (SSSR count). The third-order valence-corrected chi connectivity index (χ3v) is 6.25. The maximum Gasteiger partial charge on any atom is 0.329 e. The molecule has 0 bridgehead atoms. The Morgan fingerprint density at radius 2 is 1.94 bits per heavy atom. The fraction of sp³-hybridized carbons (Fsp3) is 0.370. The van der Waals surface area contributed by atoms with Crippen LogP contribution in [0.25, 0.3) is 0 Å². The van der Waals surface area contributed by atoms with Crippen molar-refractivity contribution < 1.29 is 28.3 Å². The van der Waals surface area contributed by atoms with E-state index in [0.29, 0.717) is 12.1 Å². The zero-order valence-electron chi connectivity index (χ0n) is 20.0. The van der Waals surface area contributed by atoms with Crippen molar-refractivity contribution in [3.63, 3.8) is 0 Å². The number of Topliss-reactive ketones (excluding diaryl/α,β-unsaturated/α-hetero) is 1. The molecule has 8 nitrogen and oxygen atoms in total. The van der Waals surface area contributed by atoms with Gasteiger partial charge >= 0.3 is 5.97 Å². The highest BCUT2D eigenvalue weighted by Gasteiger charge is 2.26. The minimum Gasteiger partial charge on any atom is -0.459 e. The summed E-state index contributed by atoms with van der Waals surface area (Å²) in [5, 5.41) is 2.66. The van der Waals surface area contributed by atoms with E-state index in [2.05, 4.69) is 9.88 Å². The predicted molar refractivity (Wildman–Crippen MR) is 128 cm³/mol. The van der Waals surface area contributed by atoms with Crippen LogP contribution in [0.2, 0.25) is 0 Å². The van der Waals surface area contributed by atoms with Crippen LogP contribution in [0.1, 0.15) is 50.7 Å². The third kappa shape index (κ3) is 6.08. The molecule has 1 aliphatic rings. The molecule has 1 aromatic carbocycles. The number of nitrogens with zero attached hydrogens (tertiary/aromatic N) is 1. The van der Waals surface area contributed by atoms with Gasteiger partial charge in [-0.2, -0.15) is 0 Å². The summed E-state index contributed by atoms with van der Waals surface area (Å²) in [7, 11) is 0. The van der Waals surface area contributed by atoms with Crippen molar-refractivity contribution in [1.82, 2.24) is 9.88 Å². The Hall–Kier alpha value is -3.65. The van der Waals surface area contributed by atoms with E-state index in [1.165, 1.54) is 12.3 Å². The Morgan fingerprint density at radius 1 is 1.14 bits per heavy atom. The molecule has 1 N–H and O–H groups in total. The van der Waals surface area contributed by atoms with E-state index in [-0.39, 0.29) is 24.1 Å². The van der Waals surface area contributed by atoms with E-state index >= 15 is 0 Å². The smallest absolute Gasteiger partial charge is 0.329 e. The van der Waals surface area contributed by atoms with E-state index < -0.39 is 24.5 Å². The lowest BCUT2D eigenvalue weighted by atomic mass is 10.1. The molecule has 3 aromatic rings. The van der Waals surface area contributed by atoms with Crippen molar-refractivity contribution in [3.8, 4) is 0 Å². The lowest BCUT2D eigenvalue weighted by molar-refractivity contribution is -0.144. The van der Waals surface area contributed by atoms with Crippen molar-refractivity contribution in [1.29, 1.82) is 0 Å². The standard InChI is InChI=1S/C27H30N2O6/c1-18-14-22(19(2)29(18)16-21-10-6-12-33-21)24(30)17-35-27(32)23(15-20-8-4-3-5-9-20)28-26(31)25-11-7-13-34-25/h3-5,7-9,11,13-14,21,23H,6,10,12,15-17H2,1-2H3,(H,28,31)/t21?,23-/m1/s1. The Labute approximate surface area is 204 Å². The zero-order chi connectivity index (χ0) is 24.8. The summed E-state index contributed by atoms with van der Waals surface area (Å²) in [4.78, 5) is 38.4. The number of rotatable bonds is 10. The van der Waals surface area contributed by atoms with Crippen molar-refractivity contribution in [2.24, 2.45) is 0 Å². The topological polar surface area (TPSA) is 99.8 Å². The molecule has 1 saturated heterocycles. The number of aromatic nitrogens is 1. The molecule has 1 aliphatic heterocycles. The molecule has 3 heterocycles. The average molecular weight is 479 g/mol. The molecule has 0 aliphatic carbocycles. The van der Waals surface area contributed by atoms with Crippen molar-refractivity contribution in [2.75, 3.05) is 13.2 Å². The highest BCUT2D eigenvalue weighted by Crippen LogP contribution is 2.21. The van der Waals surface area contributed by atoms with Crippen LogP contribution in [-0.4, -0.2) is 47.6 Å². The van der Waals surface area contributed by atoms with Gasteiger partial charge in [0.1, 0.15) is 6.04 Å². The molecule has 8 heteroatoms. The van der Waals surface area contributed by atoms with Gasteiger partial charge < -0.3 is 23.8 Å². The Balaban J connectivity index is 1.41. The van der Waals surface area contributed by atoms with Crippen LogP contribution in [0.15, 0.2) is 59.2 Å². The van der Waals surface area contributed by atoms with Crippen LogP contribution >= 0.6 is 0 Å². The summed E-state index contributed by atoms with van der Waals surface area (Å²) < 4.78 is 18.3. The molecule has 0 radical (unpaired) electrons. The van der Waals surface area contributed by atoms with Gasteiger partial charge in [0.25, 0.3) is 5.91 Å². The molecule has 1 amide bonds. The molecule has 1 fully saturated rings. The highest BCUT2D eigenvalue weighted by molar-refractivity contribution is 6.00. The van der Waals surface area contributed by atoms with E-state index in [4.69, 9.17) is 13.9 Å². The van der Waals surface area contributed by atoms with Crippen molar-refractivity contribution in [3.05, 3.63) is 83.1 Å². The number of hydrogen-bond acceptors (Lipinski definition) is 6. The second kappa shape index (κ2) is 11.2. The van der Waals surface area contributed by atoms with Gasteiger partial charge in [0, 0.05) is 36.5 Å². The summed E-state index contributed by atoms with van der Waals surface area (Å²) in [6.07, 6.45) is 3.80. The van der Waals surface area contributed by atoms with E-state index in [0.717, 1.165) is 36.4 Å². The molecular weight excluding hydrogens is 448 g/mol. The van der Waals surface area contributed by atoms with Crippen LogP contribution in [0.5, 0.6) is 0 Å². The van der Waals surface area contributed by atoms with Gasteiger partial charge in [0.2, 0.25) is 5.78 Å². The summed E-state index contributed by atoms with van der Waals surface area (Å²) in [6.45, 7) is 4.89. The number of carbonyl (C=O) groups excluding carboxylic acids is 3. The first kappa shape index (κ1) is 24.5. The number of ketones is 1. The minimum atomic E-state index is -0.977. The normalized spacial score (nSPS) is 16.1. The number of esters is 1. The highest BCUT2D eigenvalue weighted by atomic mass is 16.5. The first-order valence-electron chi connectivity index (χ1n) is 11.8. The number of amides is 1. The molecule has 184 valence electrons. The zero-order valence-corrected chi connectivity index (χ0v) is 20.0. The average Bonchev–Trinajstić information content (AvgIpc) is 3.62. The monoisotopic (exact) mass is 478 g/mol. The largest absolute Gasteiger partial charge is 0.459 e. The lowest BCUT2D eigenvalue weighted by Crippen LogP contribution is -2.43. The number of ether oxygens (including phenoxy) is 2. The van der Waals surface area contributed by atoms with E-state index in [1.807, 2.05) is 50.2 Å². The summed E-state index contributed by atoms with van der Waals surface area (Å²) in [5.74, 6) is -1.42. The number of furan rings is 1. The van der Waals surface area contributed by atoms with Crippen LogP contribution in [0.3, 0.4) is 0 Å². The second-order valence-electron chi connectivity index (χ2n) is 8.75. The Morgan fingerprint density at radius 3 is 2.63 bits per heavy atom.